The maximum Gasteiger partial charge on any atom is 0.356 e. The SMILES string of the molecule is O=C(O)c1nc(-c2cccc(Cl)c2)sc1-c1ccccc1. The molecule has 0 amide bonds. The Labute approximate surface area is 130 Å². The van der Waals surface area contributed by atoms with E-state index in [0.29, 0.717) is 14.9 Å². The largest absolute Gasteiger partial charge is 0.476 e. The van der Waals surface area contributed by atoms with Crippen LogP contribution in [0.15, 0.2) is 54.6 Å². The number of nitrogens with zero attached hydrogens (tertiary/aromatic N) is 1. The minimum atomic E-state index is -1.03. The van der Waals surface area contributed by atoms with E-state index in [4.69, 9.17) is 11.6 Å². The van der Waals surface area contributed by atoms with Crippen LogP contribution >= 0.6 is 22.9 Å². The van der Waals surface area contributed by atoms with E-state index in [-0.39, 0.29) is 5.69 Å². The summed E-state index contributed by atoms with van der Waals surface area (Å²) in [6.45, 7) is 0. The first-order valence-electron chi connectivity index (χ1n) is 6.20. The zero-order valence-electron chi connectivity index (χ0n) is 10.8. The highest BCUT2D eigenvalue weighted by atomic mass is 35.5. The van der Waals surface area contributed by atoms with E-state index >= 15 is 0 Å². The maximum atomic E-state index is 11.4. The molecule has 0 spiro atoms. The molecule has 3 aromatic rings. The van der Waals surface area contributed by atoms with Gasteiger partial charge in [0.1, 0.15) is 5.01 Å². The summed E-state index contributed by atoms with van der Waals surface area (Å²) in [7, 11) is 0. The summed E-state index contributed by atoms with van der Waals surface area (Å²) in [5.41, 5.74) is 1.74. The zero-order chi connectivity index (χ0) is 14.8. The average molecular weight is 316 g/mol. The molecule has 0 aliphatic carbocycles. The van der Waals surface area contributed by atoms with Gasteiger partial charge in [-0.15, -0.1) is 11.3 Å². The standard InChI is InChI=1S/C16H10ClNO2S/c17-12-8-4-7-11(9-12)15-18-13(16(19)20)14(21-15)10-5-2-1-3-6-10/h1-9H,(H,19,20). The third-order valence-electron chi connectivity index (χ3n) is 2.94. The normalized spacial score (nSPS) is 10.5. The lowest BCUT2D eigenvalue weighted by molar-refractivity contribution is 0.0692. The first kappa shape index (κ1) is 13.8. The van der Waals surface area contributed by atoms with Gasteiger partial charge in [0, 0.05) is 10.6 Å². The molecular weight excluding hydrogens is 306 g/mol. The van der Waals surface area contributed by atoms with Crippen molar-refractivity contribution in [2.75, 3.05) is 0 Å². The van der Waals surface area contributed by atoms with Crippen LogP contribution in [-0.2, 0) is 0 Å². The minimum absolute atomic E-state index is 0.0705. The lowest BCUT2D eigenvalue weighted by Gasteiger charge is -1.97. The highest BCUT2D eigenvalue weighted by molar-refractivity contribution is 7.18. The molecule has 2 aromatic carbocycles. The van der Waals surface area contributed by atoms with Crippen LogP contribution in [0.5, 0.6) is 0 Å². The van der Waals surface area contributed by atoms with E-state index in [9.17, 15) is 9.90 Å². The van der Waals surface area contributed by atoms with Gasteiger partial charge in [0.2, 0.25) is 0 Å². The second kappa shape index (κ2) is 5.68. The molecule has 0 radical (unpaired) electrons. The van der Waals surface area contributed by atoms with Crippen molar-refractivity contribution in [2.45, 2.75) is 0 Å². The Bertz CT molecular complexity index is 799. The molecular formula is C16H10ClNO2S. The number of carboxylic acids is 1. The van der Waals surface area contributed by atoms with Gasteiger partial charge in [-0.3, -0.25) is 0 Å². The minimum Gasteiger partial charge on any atom is -0.476 e. The molecule has 0 aliphatic rings. The monoisotopic (exact) mass is 315 g/mol. The lowest BCUT2D eigenvalue weighted by atomic mass is 10.1. The first-order valence-corrected chi connectivity index (χ1v) is 7.40. The van der Waals surface area contributed by atoms with Gasteiger partial charge in [-0.2, -0.15) is 0 Å². The smallest absolute Gasteiger partial charge is 0.356 e. The second-order valence-corrected chi connectivity index (χ2v) is 5.81. The molecule has 21 heavy (non-hydrogen) atoms. The van der Waals surface area contributed by atoms with Gasteiger partial charge in [-0.25, -0.2) is 9.78 Å². The van der Waals surface area contributed by atoms with Crippen LogP contribution in [0.1, 0.15) is 10.5 Å². The number of carboxylic acid groups (broad SMARTS) is 1. The Balaban J connectivity index is 2.15. The van der Waals surface area contributed by atoms with Crippen LogP contribution in [0, 0.1) is 0 Å². The molecule has 1 heterocycles. The molecule has 3 rings (SSSR count). The van der Waals surface area contributed by atoms with Crippen molar-refractivity contribution < 1.29 is 9.90 Å². The van der Waals surface area contributed by atoms with Gasteiger partial charge in [-0.1, -0.05) is 54.1 Å². The molecule has 5 heteroatoms. The van der Waals surface area contributed by atoms with Gasteiger partial charge in [0.25, 0.3) is 0 Å². The summed E-state index contributed by atoms with van der Waals surface area (Å²) in [6, 6.07) is 16.6. The number of hydrogen-bond donors (Lipinski definition) is 1. The van der Waals surface area contributed by atoms with Crippen molar-refractivity contribution in [3.63, 3.8) is 0 Å². The quantitative estimate of drug-likeness (QED) is 0.753. The van der Waals surface area contributed by atoms with Crippen LogP contribution in [0.2, 0.25) is 5.02 Å². The topological polar surface area (TPSA) is 50.2 Å². The molecule has 0 fully saturated rings. The van der Waals surface area contributed by atoms with E-state index in [1.165, 1.54) is 11.3 Å². The van der Waals surface area contributed by atoms with Gasteiger partial charge in [0.05, 0.1) is 4.88 Å². The molecule has 0 aliphatic heterocycles. The maximum absolute atomic E-state index is 11.4. The summed E-state index contributed by atoms with van der Waals surface area (Å²) in [5, 5.41) is 10.6. The number of benzene rings is 2. The molecule has 0 atom stereocenters. The number of thiazole rings is 1. The third-order valence-corrected chi connectivity index (χ3v) is 4.33. The van der Waals surface area contributed by atoms with Crippen molar-refractivity contribution in [2.24, 2.45) is 0 Å². The average Bonchev–Trinajstić information content (AvgIpc) is 2.93. The second-order valence-electron chi connectivity index (χ2n) is 4.38. The van der Waals surface area contributed by atoms with Crippen molar-refractivity contribution in [1.82, 2.24) is 4.98 Å². The van der Waals surface area contributed by atoms with Crippen molar-refractivity contribution in [1.29, 1.82) is 0 Å². The Hall–Kier alpha value is -2.17. The predicted octanol–water partition coefficient (Wildman–Crippen LogP) is 4.83. The van der Waals surface area contributed by atoms with E-state index in [1.807, 2.05) is 42.5 Å². The fraction of sp³-hybridized carbons (Fsp3) is 0. The predicted molar refractivity (Wildman–Crippen MR) is 85.0 cm³/mol. The lowest BCUT2D eigenvalue weighted by Crippen LogP contribution is -1.98. The molecule has 3 nitrogen and oxygen atoms in total. The van der Waals surface area contributed by atoms with Gasteiger partial charge < -0.3 is 5.11 Å². The van der Waals surface area contributed by atoms with Crippen LogP contribution in [-0.4, -0.2) is 16.1 Å². The third kappa shape index (κ3) is 2.82. The first-order chi connectivity index (χ1) is 10.1. The summed E-state index contributed by atoms with van der Waals surface area (Å²) in [5.74, 6) is -1.03. The summed E-state index contributed by atoms with van der Waals surface area (Å²) >= 11 is 7.33. The number of rotatable bonds is 3. The van der Waals surface area contributed by atoms with Crippen molar-refractivity contribution in [3.8, 4) is 21.0 Å². The summed E-state index contributed by atoms with van der Waals surface area (Å²) in [6.07, 6.45) is 0. The number of halogens is 1. The fourth-order valence-electron chi connectivity index (χ4n) is 2.00. The molecule has 0 unspecified atom stereocenters. The fourth-order valence-corrected chi connectivity index (χ4v) is 3.24. The van der Waals surface area contributed by atoms with Crippen LogP contribution in [0.4, 0.5) is 0 Å². The summed E-state index contributed by atoms with van der Waals surface area (Å²) in [4.78, 5) is 16.3. The molecule has 1 aromatic heterocycles. The van der Waals surface area contributed by atoms with Crippen LogP contribution < -0.4 is 0 Å². The molecule has 0 saturated heterocycles. The van der Waals surface area contributed by atoms with Crippen molar-refractivity contribution in [3.05, 3.63) is 65.3 Å². The molecule has 104 valence electrons. The van der Waals surface area contributed by atoms with Crippen molar-refractivity contribution >= 4 is 28.9 Å². The van der Waals surface area contributed by atoms with Crippen LogP contribution in [0.25, 0.3) is 21.0 Å². The Kier molecular flexibility index (Phi) is 3.73. The molecule has 0 bridgehead atoms. The van der Waals surface area contributed by atoms with Gasteiger partial charge >= 0.3 is 5.97 Å². The Morgan fingerprint density at radius 1 is 1.05 bits per heavy atom. The number of hydrogen-bond acceptors (Lipinski definition) is 3. The highest BCUT2D eigenvalue weighted by Crippen LogP contribution is 2.36. The highest BCUT2D eigenvalue weighted by Gasteiger charge is 2.19. The zero-order valence-corrected chi connectivity index (χ0v) is 12.4. The van der Waals surface area contributed by atoms with E-state index < -0.39 is 5.97 Å². The van der Waals surface area contributed by atoms with Gasteiger partial charge in [-0.05, 0) is 17.7 Å². The molecule has 1 N–H and O–H groups in total. The van der Waals surface area contributed by atoms with E-state index in [0.717, 1.165) is 11.1 Å². The van der Waals surface area contributed by atoms with Crippen LogP contribution in [0.3, 0.4) is 0 Å². The molecule has 0 saturated carbocycles. The number of aromatic carboxylic acids is 1. The Morgan fingerprint density at radius 2 is 1.76 bits per heavy atom. The summed E-state index contributed by atoms with van der Waals surface area (Å²) < 4.78 is 0. The Morgan fingerprint density at radius 3 is 2.43 bits per heavy atom. The van der Waals surface area contributed by atoms with E-state index in [2.05, 4.69) is 4.98 Å². The number of aromatic nitrogens is 1. The van der Waals surface area contributed by atoms with Gasteiger partial charge in [0.15, 0.2) is 5.69 Å². The van der Waals surface area contributed by atoms with E-state index in [1.54, 1.807) is 12.1 Å². The number of carbonyl (C=O) groups is 1.